The maximum atomic E-state index is 6.03. The Balaban J connectivity index is 1.88. The summed E-state index contributed by atoms with van der Waals surface area (Å²) >= 11 is 0. The SMILES string of the molecule is COc1ccc([C@H]2C[C@H]2c2cc(OC)c(OC)c(OC)c2)cc1N. The molecule has 5 nitrogen and oxygen atoms in total. The molecule has 1 fully saturated rings. The zero-order chi connectivity index (χ0) is 17.3. The predicted molar refractivity (Wildman–Crippen MR) is 93.6 cm³/mol. The van der Waals surface area contributed by atoms with Crippen LogP contribution in [0.5, 0.6) is 23.0 Å². The number of anilines is 1. The van der Waals surface area contributed by atoms with Gasteiger partial charge in [0, 0.05) is 0 Å². The molecule has 2 aromatic carbocycles. The summed E-state index contributed by atoms with van der Waals surface area (Å²) in [5, 5.41) is 0. The topological polar surface area (TPSA) is 62.9 Å². The summed E-state index contributed by atoms with van der Waals surface area (Å²) in [5.41, 5.74) is 9.11. The molecule has 0 saturated heterocycles. The maximum Gasteiger partial charge on any atom is 0.203 e. The van der Waals surface area contributed by atoms with Crippen molar-refractivity contribution >= 4 is 5.69 Å². The number of rotatable bonds is 6. The quantitative estimate of drug-likeness (QED) is 0.821. The highest BCUT2D eigenvalue weighted by Gasteiger charge is 2.40. The number of ether oxygens (including phenoxy) is 4. The summed E-state index contributed by atoms with van der Waals surface area (Å²) in [6.07, 6.45) is 1.07. The summed E-state index contributed by atoms with van der Waals surface area (Å²) in [5.74, 6) is 3.57. The first kappa shape index (κ1) is 16.3. The molecule has 0 unspecified atom stereocenters. The molecule has 0 aliphatic heterocycles. The minimum Gasteiger partial charge on any atom is -0.495 e. The molecule has 0 bridgehead atoms. The first-order valence-electron chi connectivity index (χ1n) is 7.86. The molecule has 0 heterocycles. The second-order valence-electron chi connectivity index (χ2n) is 5.91. The first-order chi connectivity index (χ1) is 11.6. The summed E-state index contributed by atoms with van der Waals surface area (Å²) in [6, 6.07) is 10.1. The molecule has 0 spiro atoms. The molecule has 5 heteroatoms. The zero-order valence-electron chi connectivity index (χ0n) is 14.5. The van der Waals surface area contributed by atoms with Crippen LogP contribution in [0.3, 0.4) is 0 Å². The Morgan fingerprint density at radius 3 is 1.83 bits per heavy atom. The number of methoxy groups -OCH3 is 4. The molecule has 2 atom stereocenters. The Morgan fingerprint density at radius 1 is 0.750 bits per heavy atom. The third-order valence-electron chi connectivity index (χ3n) is 4.59. The molecule has 0 amide bonds. The lowest BCUT2D eigenvalue weighted by Crippen LogP contribution is -1.97. The van der Waals surface area contributed by atoms with Crippen LogP contribution in [0.2, 0.25) is 0 Å². The average molecular weight is 329 g/mol. The van der Waals surface area contributed by atoms with Gasteiger partial charge in [-0.05, 0) is 53.6 Å². The van der Waals surface area contributed by atoms with Crippen LogP contribution in [0.25, 0.3) is 0 Å². The fourth-order valence-corrected chi connectivity index (χ4v) is 3.23. The Labute approximate surface area is 142 Å². The lowest BCUT2D eigenvalue weighted by molar-refractivity contribution is 0.324. The molecule has 0 aromatic heterocycles. The zero-order valence-corrected chi connectivity index (χ0v) is 14.5. The van der Waals surface area contributed by atoms with Crippen molar-refractivity contribution in [2.45, 2.75) is 18.3 Å². The largest absolute Gasteiger partial charge is 0.495 e. The lowest BCUT2D eigenvalue weighted by Gasteiger charge is -2.14. The number of nitrogen functional groups attached to an aromatic ring is 1. The van der Waals surface area contributed by atoms with E-state index in [0.29, 0.717) is 40.5 Å². The van der Waals surface area contributed by atoms with Crippen molar-refractivity contribution in [3.05, 3.63) is 41.5 Å². The highest BCUT2D eigenvalue weighted by molar-refractivity contribution is 5.58. The number of hydrogen-bond acceptors (Lipinski definition) is 5. The van der Waals surface area contributed by atoms with Crippen LogP contribution in [-0.4, -0.2) is 28.4 Å². The third kappa shape index (κ3) is 2.82. The van der Waals surface area contributed by atoms with Crippen molar-refractivity contribution in [2.24, 2.45) is 0 Å². The first-order valence-corrected chi connectivity index (χ1v) is 7.86. The molecule has 1 aliphatic rings. The third-order valence-corrected chi connectivity index (χ3v) is 4.59. The van der Waals surface area contributed by atoms with Gasteiger partial charge in [-0.3, -0.25) is 0 Å². The smallest absolute Gasteiger partial charge is 0.203 e. The molecule has 2 N–H and O–H groups in total. The number of benzene rings is 2. The Hall–Kier alpha value is -2.56. The van der Waals surface area contributed by atoms with Crippen LogP contribution in [0.15, 0.2) is 30.3 Å². The number of hydrogen-bond donors (Lipinski definition) is 1. The van der Waals surface area contributed by atoms with E-state index in [1.165, 1.54) is 11.1 Å². The van der Waals surface area contributed by atoms with Crippen molar-refractivity contribution in [1.82, 2.24) is 0 Å². The van der Waals surface area contributed by atoms with Gasteiger partial charge in [0.05, 0.1) is 34.1 Å². The van der Waals surface area contributed by atoms with Gasteiger partial charge < -0.3 is 24.7 Å². The lowest BCUT2D eigenvalue weighted by atomic mass is 10.0. The summed E-state index contributed by atoms with van der Waals surface area (Å²) in [4.78, 5) is 0. The minimum atomic E-state index is 0.423. The second-order valence-corrected chi connectivity index (χ2v) is 5.91. The number of nitrogens with two attached hydrogens (primary N) is 1. The molecule has 128 valence electrons. The average Bonchev–Trinajstić information content (AvgIpc) is 3.41. The minimum absolute atomic E-state index is 0.423. The van der Waals surface area contributed by atoms with Gasteiger partial charge in [-0.15, -0.1) is 0 Å². The highest BCUT2D eigenvalue weighted by Crippen LogP contribution is 2.57. The molecule has 2 aromatic rings. The van der Waals surface area contributed by atoms with E-state index in [1.807, 2.05) is 24.3 Å². The second kappa shape index (κ2) is 6.51. The molecule has 1 saturated carbocycles. The van der Waals surface area contributed by atoms with Crippen LogP contribution in [0.1, 0.15) is 29.4 Å². The van der Waals surface area contributed by atoms with E-state index >= 15 is 0 Å². The van der Waals surface area contributed by atoms with Gasteiger partial charge in [0.2, 0.25) is 5.75 Å². The molecular weight excluding hydrogens is 306 g/mol. The fraction of sp³-hybridized carbons (Fsp3) is 0.368. The van der Waals surface area contributed by atoms with E-state index in [9.17, 15) is 0 Å². The molecule has 3 rings (SSSR count). The molecule has 24 heavy (non-hydrogen) atoms. The summed E-state index contributed by atoms with van der Waals surface area (Å²) in [7, 11) is 6.51. The van der Waals surface area contributed by atoms with E-state index in [4.69, 9.17) is 24.7 Å². The van der Waals surface area contributed by atoms with Crippen molar-refractivity contribution in [3.63, 3.8) is 0 Å². The van der Waals surface area contributed by atoms with E-state index in [1.54, 1.807) is 28.4 Å². The van der Waals surface area contributed by atoms with Crippen molar-refractivity contribution in [3.8, 4) is 23.0 Å². The fourth-order valence-electron chi connectivity index (χ4n) is 3.23. The standard InChI is InChI=1S/C19H23NO4/c1-21-16-6-5-11(7-15(16)20)13-10-14(13)12-8-17(22-2)19(24-4)18(9-12)23-3/h5-9,13-14H,10,20H2,1-4H3/t13-,14+/m1/s1. The Kier molecular flexibility index (Phi) is 4.42. The van der Waals surface area contributed by atoms with Crippen LogP contribution >= 0.6 is 0 Å². The van der Waals surface area contributed by atoms with Crippen LogP contribution in [0, 0.1) is 0 Å². The summed E-state index contributed by atoms with van der Waals surface area (Å²) < 4.78 is 21.5. The Bertz CT molecular complexity index is 719. The maximum absolute atomic E-state index is 6.03. The molecule has 1 aliphatic carbocycles. The van der Waals surface area contributed by atoms with Gasteiger partial charge in [-0.2, -0.15) is 0 Å². The van der Waals surface area contributed by atoms with Gasteiger partial charge in [0.25, 0.3) is 0 Å². The van der Waals surface area contributed by atoms with Crippen molar-refractivity contribution in [2.75, 3.05) is 34.2 Å². The van der Waals surface area contributed by atoms with E-state index < -0.39 is 0 Å². The Morgan fingerprint density at radius 2 is 1.33 bits per heavy atom. The van der Waals surface area contributed by atoms with Crippen LogP contribution in [0.4, 0.5) is 5.69 Å². The monoisotopic (exact) mass is 329 g/mol. The van der Waals surface area contributed by atoms with Gasteiger partial charge >= 0.3 is 0 Å². The van der Waals surface area contributed by atoms with Crippen LogP contribution in [-0.2, 0) is 0 Å². The van der Waals surface area contributed by atoms with Crippen LogP contribution < -0.4 is 24.7 Å². The predicted octanol–water partition coefficient (Wildman–Crippen LogP) is 3.57. The van der Waals surface area contributed by atoms with Crippen molar-refractivity contribution in [1.29, 1.82) is 0 Å². The van der Waals surface area contributed by atoms with Crippen molar-refractivity contribution < 1.29 is 18.9 Å². The normalized spacial score (nSPS) is 18.8. The van der Waals surface area contributed by atoms with E-state index in [2.05, 4.69) is 6.07 Å². The molecule has 0 radical (unpaired) electrons. The molecular formula is C19H23NO4. The van der Waals surface area contributed by atoms with E-state index in [-0.39, 0.29) is 0 Å². The van der Waals surface area contributed by atoms with Gasteiger partial charge in [-0.1, -0.05) is 6.07 Å². The highest BCUT2D eigenvalue weighted by atomic mass is 16.5. The summed E-state index contributed by atoms with van der Waals surface area (Å²) in [6.45, 7) is 0. The van der Waals surface area contributed by atoms with Gasteiger partial charge in [0.1, 0.15) is 5.75 Å². The van der Waals surface area contributed by atoms with Gasteiger partial charge in [0.15, 0.2) is 11.5 Å². The van der Waals surface area contributed by atoms with E-state index in [0.717, 1.165) is 6.42 Å². The van der Waals surface area contributed by atoms with Gasteiger partial charge in [-0.25, -0.2) is 0 Å².